The fourth-order valence-corrected chi connectivity index (χ4v) is 8.10. The zero-order valence-corrected chi connectivity index (χ0v) is 21.2. The molecule has 1 heterocycles. The van der Waals surface area contributed by atoms with E-state index in [-0.39, 0.29) is 28.8 Å². The molecule has 0 unspecified atom stereocenters. The number of cyclic esters (lactones) is 1. The molecule has 4 nitrogen and oxygen atoms in total. The summed E-state index contributed by atoms with van der Waals surface area (Å²) < 4.78 is 5.81. The highest BCUT2D eigenvalue weighted by molar-refractivity contribution is 5.93. The van der Waals surface area contributed by atoms with Gasteiger partial charge in [0.15, 0.2) is 0 Å². The molecule has 34 heavy (non-hydrogen) atoms. The zero-order chi connectivity index (χ0) is 24.4. The minimum atomic E-state index is -0.669. The number of carbonyl (C=O) groups excluding carboxylic acids is 1. The topological polar surface area (TPSA) is 66.8 Å². The van der Waals surface area contributed by atoms with E-state index < -0.39 is 12.2 Å². The third-order valence-corrected chi connectivity index (χ3v) is 10.6. The van der Waals surface area contributed by atoms with Crippen molar-refractivity contribution in [3.63, 3.8) is 0 Å². The van der Waals surface area contributed by atoms with Gasteiger partial charge < -0.3 is 14.9 Å². The van der Waals surface area contributed by atoms with Crippen molar-refractivity contribution < 1.29 is 19.7 Å². The predicted molar refractivity (Wildman–Crippen MR) is 134 cm³/mol. The van der Waals surface area contributed by atoms with Crippen LogP contribution in [0.15, 0.2) is 47.6 Å². The summed E-state index contributed by atoms with van der Waals surface area (Å²) in [6.07, 6.45) is 12.9. The number of aliphatic hydroxyl groups is 2. The lowest BCUT2D eigenvalue weighted by molar-refractivity contribution is -0.140. The molecule has 0 aromatic rings. The molecule has 5 aliphatic rings. The molecule has 0 aromatic heterocycles. The van der Waals surface area contributed by atoms with E-state index in [1.807, 2.05) is 6.92 Å². The van der Waals surface area contributed by atoms with E-state index in [4.69, 9.17) is 4.74 Å². The van der Waals surface area contributed by atoms with Gasteiger partial charge >= 0.3 is 5.97 Å². The predicted octanol–water partition coefficient (Wildman–Crippen LogP) is 5.66. The van der Waals surface area contributed by atoms with Gasteiger partial charge in [0.05, 0.1) is 12.2 Å². The van der Waals surface area contributed by atoms with Crippen LogP contribution >= 0.6 is 0 Å². The van der Waals surface area contributed by atoms with E-state index in [9.17, 15) is 15.0 Å². The van der Waals surface area contributed by atoms with Crippen LogP contribution in [0.4, 0.5) is 0 Å². The van der Waals surface area contributed by atoms with Crippen molar-refractivity contribution in [1.82, 2.24) is 0 Å². The van der Waals surface area contributed by atoms with Gasteiger partial charge in [0, 0.05) is 16.9 Å². The van der Waals surface area contributed by atoms with Crippen molar-refractivity contribution in [2.75, 3.05) is 0 Å². The smallest absolute Gasteiger partial charge is 0.334 e. The van der Waals surface area contributed by atoms with E-state index in [0.29, 0.717) is 29.7 Å². The molecular formula is C30H42O4. The molecule has 5 rings (SSSR count). The molecule has 0 aromatic carbocycles. The molecule has 4 saturated carbocycles. The first-order valence-corrected chi connectivity index (χ1v) is 13.4. The van der Waals surface area contributed by atoms with Crippen LogP contribution in [0, 0.1) is 34.5 Å². The Morgan fingerprint density at radius 1 is 1.18 bits per heavy atom. The Kier molecular flexibility index (Phi) is 6.00. The second-order valence-electron chi connectivity index (χ2n) is 12.4. The molecule has 0 bridgehead atoms. The summed E-state index contributed by atoms with van der Waals surface area (Å²) >= 11 is 0. The van der Waals surface area contributed by atoms with Gasteiger partial charge in [-0.25, -0.2) is 4.79 Å². The molecule has 8 atom stereocenters. The second kappa shape index (κ2) is 8.48. The first kappa shape index (κ1) is 24.1. The summed E-state index contributed by atoms with van der Waals surface area (Å²) in [5, 5.41) is 20.8. The number of carbonyl (C=O) groups is 1. The lowest BCUT2D eigenvalue weighted by atomic mass is 9.60. The van der Waals surface area contributed by atoms with E-state index in [1.54, 1.807) is 0 Å². The number of fused-ring (bicyclic) bond motifs is 1. The molecule has 1 saturated heterocycles. The van der Waals surface area contributed by atoms with Crippen molar-refractivity contribution >= 4 is 5.97 Å². The van der Waals surface area contributed by atoms with Crippen LogP contribution in [0.25, 0.3) is 0 Å². The Labute approximate surface area is 204 Å². The van der Waals surface area contributed by atoms with Crippen LogP contribution in [-0.2, 0) is 9.53 Å². The van der Waals surface area contributed by atoms with E-state index in [0.717, 1.165) is 36.8 Å². The zero-order valence-electron chi connectivity index (χ0n) is 21.2. The highest BCUT2D eigenvalue weighted by atomic mass is 16.6. The third-order valence-electron chi connectivity index (χ3n) is 10.6. The fraction of sp³-hybridized carbons (Fsp3) is 0.700. The molecule has 0 amide bonds. The monoisotopic (exact) mass is 466 g/mol. The van der Waals surface area contributed by atoms with Gasteiger partial charge in [-0.05, 0) is 92.1 Å². The number of ether oxygens (including phenoxy) is 1. The van der Waals surface area contributed by atoms with Crippen molar-refractivity contribution in [2.45, 2.75) is 96.9 Å². The second-order valence-corrected chi connectivity index (χ2v) is 12.4. The summed E-state index contributed by atoms with van der Waals surface area (Å²) in [6.45, 7) is 14.9. The number of hydrogen-bond acceptors (Lipinski definition) is 4. The van der Waals surface area contributed by atoms with E-state index in [1.165, 1.54) is 31.3 Å². The summed E-state index contributed by atoms with van der Waals surface area (Å²) in [4.78, 5) is 12.2. The summed E-state index contributed by atoms with van der Waals surface area (Å²) in [5.41, 5.74) is 4.20. The Hall–Kier alpha value is -1.65. The van der Waals surface area contributed by atoms with Gasteiger partial charge in [-0.3, -0.25) is 0 Å². The first-order valence-electron chi connectivity index (χ1n) is 13.4. The van der Waals surface area contributed by atoms with Gasteiger partial charge in [0.2, 0.25) is 0 Å². The maximum Gasteiger partial charge on any atom is 0.334 e. The molecule has 4 heteroatoms. The molecule has 1 spiro atoms. The van der Waals surface area contributed by atoms with Gasteiger partial charge in [-0.1, -0.05) is 51.7 Å². The van der Waals surface area contributed by atoms with Crippen LogP contribution in [0.3, 0.4) is 0 Å². The summed E-state index contributed by atoms with van der Waals surface area (Å²) in [7, 11) is 0. The number of esters is 1. The normalized spacial score (nSPS) is 44.6. The standard InChI is InChI=1S/C30H42O4/c1-17(15-26-30(13-14-30)20(4)28(33)34-26)23-10-11-24-21(7-6-12-29(23,24)5)8-9-22-16-25(31)19(3)27(32)18(22)2/h8-9,17,19,23-27,31-32H,2,4,6-7,10-16H2,1,3,5H3/b21-8+,22-9-/t17-,19+,23-,24+,25-,26+,27-,29-/m1/s1. The lowest BCUT2D eigenvalue weighted by Gasteiger charge is -2.45. The Bertz CT molecular complexity index is 953. The van der Waals surface area contributed by atoms with Gasteiger partial charge in [-0.2, -0.15) is 0 Å². The molecule has 2 N–H and O–H groups in total. The van der Waals surface area contributed by atoms with E-state index in [2.05, 4.69) is 39.2 Å². The third kappa shape index (κ3) is 3.67. The van der Waals surface area contributed by atoms with Crippen LogP contribution in [0.2, 0.25) is 0 Å². The van der Waals surface area contributed by atoms with Crippen LogP contribution in [0.1, 0.15) is 78.6 Å². The Balaban J connectivity index is 1.31. The Morgan fingerprint density at radius 2 is 1.91 bits per heavy atom. The summed E-state index contributed by atoms with van der Waals surface area (Å²) in [5.74, 6) is 1.38. The highest BCUT2D eigenvalue weighted by Crippen LogP contribution is 2.63. The quantitative estimate of drug-likeness (QED) is 0.414. The van der Waals surface area contributed by atoms with Crippen LogP contribution in [0.5, 0.6) is 0 Å². The molecule has 186 valence electrons. The minimum Gasteiger partial charge on any atom is -0.458 e. The number of rotatable bonds is 4. The Morgan fingerprint density at radius 3 is 2.62 bits per heavy atom. The van der Waals surface area contributed by atoms with Crippen LogP contribution in [-0.4, -0.2) is 34.5 Å². The number of aliphatic hydroxyl groups excluding tert-OH is 2. The largest absolute Gasteiger partial charge is 0.458 e. The van der Waals surface area contributed by atoms with Crippen molar-refractivity contribution in [1.29, 1.82) is 0 Å². The number of hydrogen-bond donors (Lipinski definition) is 2. The minimum absolute atomic E-state index is 0.0195. The van der Waals surface area contributed by atoms with Crippen molar-refractivity contribution in [3.05, 3.63) is 47.6 Å². The molecule has 0 radical (unpaired) electrons. The first-order chi connectivity index (χ1) is 16.1. The van der Waals surface area contributed by atoms with Crippen molar-refractivity contribution in [3.8, 4) is 0 Å². The maximum absolute atomic E-state index is 12.2. The van der Waals surface area contributed by atoms with Crippen LogP contribution < -0.4 is 0 Å². The SMILES string of the molecule is C=C1/C(=C\C=C2/CCC[C@]3(C)[C@@H]([C@H](C)C[C@@H]4OC(=O)C(=C)C45CC5)CC[C@@H]23)C[C@@H](O)[C@H](C)[C@@H]1O. The van der Waals surface area contributed by atoms with Crippen molar-refractivity contribution in [2.24, 2.45) is 34.5 Å². The van der Waals surface area contributed by atoms with E-state index >= 15 is 0 Å². The lowest BCUT2D eigenvalue weighted by Crippen LogP contribution is -2.37. The molecular weight excluding hydrogens is 424 g/mol. The van der Waals surface area contributed by atoms with Gasteiger partial charge in [0.1, 0.15) is 6.10 Å². The number of allylic oxidation sites excluding steroid dienone is 3. The molecule has 5 fully saturated rings. The molecule has 1 aliphatic heterocycles. The van der Waals surface area contributed by atoms with Gasteiger partial charge in [-0.15, -0.1) is 0 Å². The van der Waals surface area contributed by atoms with Gasteiger partial charge in [0.25, 0.3) is 0 Å². The maximum atomic E-state index is 12.2. The summed E-state index contributed by atoms with van der Waals surface area (Å²) in [6, 6.07) is 0. The average molecular weight is 467 g/mol. The average Bonchev–Trinajstić information content (AvgIpc) is 3.48. The highest BCUT2D eigenvalue weighted by Gasteiger charge is 2.61. The molecule has 4 aliphatic carbocycles. The fourth-order valence-electron chi connectivity index (χ4n) is 8.10.